The van der Waals surface area contributed by atoms with Gasteiger partial charge in [0, 0.05) is 0 Å². The fourth-order valence-electron chi connectivity index (χ4n) is 4.56. The summed E-state index contributed by atoms with van der Waals surface area (Å²) < 4.78 is 46.0. The van der Waals surface area contributed by atoms with Crippen LogP contribution in [-0.4, -0.2) is 48.7 Å². The highest BCUT2D eigenvalue weighted by atomic mass is 35.5. The number of ether oxygens (including phenoxy) is 1. The number of likely N-dealkylation sites (tertiary alicyclic amines) is 1. The standard InChI is InChI=1S/C24H32ClF3N2O3/c1-4-33-22(32)15(2)13-17-5-6-18(25)19(14-17)29-21(31)20(16(3)24(26,27)28)30-11-9-23(7-8-23)10-12-30/h5-6,14-16,20H,4,7-13H2,1-3H3,(H,29,31)/t15-,16-,20-/m1/s1. The van der Waals surface area contributed by atoms with Crippen molar-refractivity contribution in [3.8, 4) is 0 Å². The molecule has 3 rings (SSSR count). The quantitative estimate of drug-likeness (QED) is 0.493. The Kier molecular flexibility index (Phi) is 7.99. The van der Waals surface area contributed by atoms with Crippen LogP contribution in [0.4, 0.5) is 18.9 Å². The largest absolute Gasteiger partial charge is 0.466 e. The van der Waals surface area contributed by atoms with Crippen molar-refractivity contribution >= 4 is 29.2 Å². The maximum Gasteiger partial charge on any atom is 0.393 e. The number of alkyl halides is 3. The van der Waals surface area contributed by atoms with Gasteiger partial charge >= 0.3 is 12.1 Å². The number of carbonyl (C=O) groups excluding carboxylic acids is 2. The average molecular weight is 489 g/mol. The van der Waals surface area contributed by atoms with Crippen molar-refractivity contribution in [2.45, 2.75) is 65.1 Å². The van der Waals surface area contributed by atoms with Crippen LogP contribution in [0.15, 0.2) is 18.2 Å². The molecule has 1 aliphatic heterocycles. The number of carbonyl (C=O) groups is 2. The van der Waals surface area contributed by atoms with E-state index in [4.69, 9.17) is 16.3 Å². The van der Waals surface area contributed by atoms with Crippen molar-refractivity contribution < 1.29 is 27.5 Å². The molecule has 3 atom stereocenters. The van der Waals surface area contributed by atoms with Crippen molar-refractivity contribution in [3.63, 3.8) is 0 Å². The average Bonchev–Trinajstić information content (AvgIpc) is 3.50. The van der Waals surface area contributed by atoms with Crippen LogP contribution in [0.3, 0.4) is 0 Å². The molecular formula is C24H32ClF3N2O3. The molecule has 1 spiro atoms. The number of halogens is 4. The predicted molar refractivity (Wildman–Crippen MR) is 121 cm³/mol. The number of hydrogen-bond donors (Lipinski definition) is 1. The van der Waals surface area contributed by atoms with Gasteiger partial charge in [-0.15, -0.1) is 0 Å². The van der Waals surface area contributed by atoms with E-state index in [1.165, 1.54) is 0 Å². The first-order chi connectivity index (χ1) is 15.5. The smallest absolute Gasteiger partial charge is 0.393 e. The van der Waals surface area contributed by atoms with E-state index in [-0.39, 0.29) is 28.7 Å². The molecule has 0 aromatic heterocycles. The summed E-state index contributed by atoms with van der Waals surface area (Å²) in [6.45, 7) is 5.75. The van der Waals surface area contributed by atoms with E-state index in [1.807, 2.05) is 0 Å². The second-order valence-electron chi connectivity index (χ2n) is 9.47. The lowest BCUT2D eigenvalue weighted by atomic mass is 9.90. The molecule has 1 saturated heterocycles. The van der Waals surface area contributed by atoms with Crippen LogP contribution in [-0.2, 0) is 20.7 Å². The Morgan fingerprint density at radius 2 is 1.82 bits per heavy atom. The van der Waals surface area contributed by atoms with Gasteiger partial charge in [0.25, 0.3) is 0 Å². The molecule has 0 unspecified atom stereocenters. The third-order valence-electron chi connectivity index (χ3n) is 6.99. The van der Waals surface area contributed by atoms with Crippen molar-refractivity contribution in [3.05, 3.63) is 28.8 Å². The Labute approximate surface area is 198 Å². The summed E-state index contributed by atoms with van der Waals surface area (Å²) in [7, 11) is 0. The summed E-state index contributed by atoms with van der Waals surface area (Å²) in [6, 6.07) is 3.58. The number of hydrogen-bond acceptors (Lipinski definition) is 4. The van der Waals surface area contributed by atoms with Crippen LogP contribution in [0.1, 0.15) is 52.0 Å². The highest BCUT2D eigenvalue weighted by molar-refractivity contribution is 6.33. The maximum atomic E-state index is 13.7. The third-order valence-corrected chi connectivity index (χ3v) is 7.32. The van der Waals surface area contributed by atoms with Crippen molar-refractivity contribution in [2.75, 3.05) is 25.0 Å². The van der Waals surface area contributed by atoms with E-state index in [0.717, 1.165) is 38.2 Å². The number of amides is 1. The zero-order valence-electron chi connectivity index (χ0n) is 19.3. The SMILES string of the molecule is CCOC(=O)[C@H](C)Cc1ccc(Cl)c(NC(=O)[C@@H]([C@@H](C)C(F)(F)F)N2CCC3(CC2)CC3)c1. The lowest BCUT2D eigenvalue weighted by molar-refractivity contribution is -0.189. The Bertz CT molecular complexity index is 863. The van der Waals surface area contributed by atoms with E-state index in [2.05, 4.69) is 5.32 Å². The molecule has 2 aliphatic rings. The first-order valence-electron chi connectivity index (χ1n) is 11.5. The van der Waals surface area contributed by atoms with Gasteiger partial charge < -0.3 is 10.1 Å². The molecule has 0 radical (unpaired) electrons. The topological polar surface area (TPSA) is 58.6 Å². The van der Waals surface area contributed by atoms with E-state index >= 15 is 0 Å². The molecule has 5 nitrogen and oxygen atoms in total. The molecule has 1 amide bonds. The zero-order chi connectivity index (χ0) is 24.4. The number of nitrogens with zero attached hydrogens (tertiary/aromatic N) is 1. The second-order valence-corrected chi connectivity index (χ2v) is 9.88. The van der Waals surface area contributed by atoms with E-state index in [9.17, 15) is 22.8 Å². The molecule has 1 aromatic carbocycles. The molecule has 1 aliphatic carbocycles. The maximum absolute atomic E-state index is 13.7. The highest BCUT2D eigenvalue weighted by Crippen LogP contribution is 2.54. The minimum Gasteiger partial charge on any atom is -0.466 e. The van der Waals surface area contributed by atoms with Crippen molar-refractivity contribution in [1.82, 2.24) is 4.90 Å². The summed E-state index contributed by atoms with van der Waals surface area (Å²) in [5.41, 5.74) is 1.25. The highest BCUT2D eigenvalue weighted by Gasteiger charge is 2.50. The molecule has 1 saturated carbocycles. The monoisotopic (exact) mass is 488 g/mol. The van der Waals surface area contributed by atoms with E-state index in [1.54, 1.807) is 36.9 Å². The number of rotatable bonds is 8. The van der Waals surface area contributed by atoms with Crippen LogP contribution in [0.25, 0.3) is 0 Å². The Morgan fingerprint density at radius 1 is 1.18 bits per heavy atom. The van der Waals surface area contributed by atoms with Gasteiger partial charge in [-0.1, -0.05) is 31.5 Å². The summed E-state index contributed by atoms with van der Waals surface area (Å²) in [4.78, 5) is 26.8. The molecule has 1 N–H and O–H groups in total. The first-order valence-corrected chi connectivity index (χ1v) is 11.9. The number of piperidine rings is 1. The summed E-state index contributed by atoms with van der Waals surface area (Å²) >= 11 is 6.25. The van der Waals surface area contributed by atoms with Crippen LogP contribution in [0, 0.1) is 17.3 Å². The van der Waals surface area contributed by atoms with Gasteiger partial charge in [-0.25, -0.2) is 0 Å². The van der Waals surface area contributed by atoms with Crippen molar-refractivity contribution in [2.24, 2.45) is 17.3 Å². The normalized spacial score (nSPS) is 20.7. The second kappa shape index (κ2) is 10.2. The molecule has 33 heavy (non-hydrogen) atoms. The lowest BCUT2D eigenvalue weighted by Crippen LogP contribution is -2.54. The van der Waals surface area contributed by atoms with Crippen LogP contribution < -0.4 is 5.32 Å². The minimum absolute atomic E-state index is 0.227. The van der Waals surface area contributed by atoms with Gasteiger partial charge in [-0.05, 0) is 75.2 Å². The van der Waals surface area contributed by atoms with Gasteiger partial charge in [0.05, 0.1) is 29.2 Å². The predicted octanol–water partition coefficient (Wildman–Crippen LogP) is 5.46. The first kappa shape index (κ1) is 25.8. The van der Waals surface area contributed by atoms with Gasteiger partial charge in [-0.3, -0.25) is 14.5 Å². The number of benzene rings is 1. The molecule has 2 fully saturated rings. The Hall–Kier alpha value is -1.80. The number of nitrogens with one attached hydrogen (secondary N) is 1. The van der Waals surface area contributed by atoms with Crippen LogP contribution >= 0.6 is 11.6 Å². The molecule has 9 heteroatoms. The Balaban J connectivity index is 1.76. The van der Waals surface area contributed by atoms with E-state index in [0.29, 0.717) is 19.5 Å². The van der Waals surface area contributed by atoms with Crippen molar-refractivity contribution in [1.29, 1.82) is 0 Å². The Morgan fingerprint density at radius 3 is 2.36 bits per heavy atom. The fourth-order valence-corrected chi connectivity index (χ4v) is 4.73. The number of anilines is 1. The summed E-state index contributed by atoms with van der Waals surface area (Å²) in [5.74, 6) is -3.29. The van der Waals surface area contributed by atoms with Crippen LogP contribution in [0.5, 0.6) is 0 Å². The summed E-state index contributed by atoms with van der Waals surface area (Å²) in [5, 5.41) is 2.86. The summed E-state index contributed by atoms with van der Waals surface area (Å²) in [6.07, 6.45) is -0.252. The van der Waals surface area contributed by atoms with Gasteiger partial charge in [0.15, 0.2) is 0 Å². The molecule has 184 valence electrons. The van der Waals surface area contributed by atoms with Crippen LogP contribution in [0.2, 0.25) is 5.02 Å². The molecule has 0 bridgehead atoms. The molecular weight excluding hydrogens is 457 g/mol. The molecule has 1 heterocycles. The lowest BCUT2D eigenvalue weighted by Gasteiger charge is -2.40. The fraction of sp³-hybridized carbons (Fsp3) is 0.667. The minimum atomic E-state index is -4.50. The van der Waals surface area contributed by atoms with Gasteiger partial charge in [0.1, 0.15) is 6.04 Å². The van der Waals surface area contributed by atoms with Gasteiger partial charge in [-0.2, -0.15) is 13.2 Å². The van der Waals surface area contributed by atoms with Gasteiger partial charge in [0.2, 0.25) is 5.91 Å². The molecule has 1 aromatic rings. The zero-order valence-corrected chi connectivity index (χ0v) is 20.1. The van der Waals surface area contributed by atoms with E-state index < -0.39 is 30.0 Å². The number of esters is 1. The third kappa shape index (κ3) is 6.41.